The van der Waals surface area contributed by atoms with Crippen LogP contribution in [0.5, 0.6) is 0 Å². The third-order valence-electron chi connectivity index (χ3n) is 0.777. The molecule has 0 aliphatic rings. The van der Waals surface area contributed by atoms with Crippen LogP contribution in [0.4, 0.5) is 4.79 Å². The van der Waals surface area contributed by atoms with E-state index >= 15 is 0 Å². The highest BCUT2D eigenvalue weighted by Crippen LogP contribution is 2.06. The second-order valence-electron chi connectivity index (χ2n) is 3.77. The average Bonchev–Trinajstić information content (AvgIpc) is 1.79. The summed E-state index contributed by atoms with van der Waals surface area (Å²) in [6.07, 6.45) is -0.603. The number of rotatable bonds is 2. The third-order valence-corrected chi connectivity index (χ3v) is 0.777. The van der Waals surface area contributed by atoms with Crippen molar-refractivity contribution >= 4 is 6.09 Å². The predicted octanol–water partition coefficient (Wildman–Crippen LogP) is 1.85. The molecule has 4 nitrogen and oxygen atoms in total. The molecule has 12 heavy (non-hydrogen) atoms. The van der Waals surface area contributed by atoms with E-state index in [1.807, 2.05) is 13.8 Å². The van der Waals surface area contributed by atoms with Crippen molar-refractivity contribution in [2.75, 3.05) is 0 Å². The molecule has 0 heterocycles. The van der Waals surface area contributed by atoms with Gasteiger partial charge in [-0.05, 0) is 34.6 Å². The Morgan fingerprint density at radius 3 is 2.17 bits per heavy atom. The Balaban J connectivity index is 3.61. The summed E-state index contributed by atoms with van der Waals surface area (Å²) >= 11 is 0. The lowest BCUT2D eigenvalue weighted by atomic mass is 10.2. The van der Waals surface area contributed by atoms with Gasteiger partial charge in [0.15, 0.2) is 0 Å². The summed E-state index contributed by atoms with van der Waals surface area (Å²) in [7, 11) is 0. The Morgan fingerprint density at radius 1 is 1.33 bits per heavy atom. The lowest BCUT2D eigenvalue weighted by Gasteiger charge is -2.19. The highest BCUT2D eigenvalue weighted by atomic mass is 16.7. The number of nitrogens with one attached hydrogen (secondary N) is 1. The summed E-state index contributed by atoms with van der Waals surface area (Å²) in [6, 6.07) is 0. The summed E-state index contributed by atoms with van der Waals surface area (Å²) in [5.41, 5.74) is 1.70. The zero-order valence-electron chi connectivity index (χ0n) is 8.30. The van der Waals surface area contributed by atoms with Gasteiger partial charge in [0.2, 0.25) is 0 Å². The van der Waals surface area contributed by atoms with Crippen molar-refractivity contribution in [1.29, 1.82) is 0 Å². The summed E-state index contributed by atoms with van der Waals surface area (Å²) in [6.45, 7) is 9.01. The number of carbonyl (C=O) groups is 1. The molecule has 0 spiro atoms. The first-order valence-electron chi connectivity index (χ1n) is 3.96. The highest BCUT2D eigenvalue weighted by Gasteiger charge is 2.16. The number of hydroxylamine groups is 1. The summed E-state index contributed by atoms with van der Waals surface area (Å²) in [5.74, 6) is 0. The Hall–Kier alpha value is -0.770. The number of carbonyl (C=O) groups excluding carboxylic acids is 1. The van der Waals surface area contributed by atoms with Gasteiger partial charge in [-0.3, -0.25) is 4.84 Å². The average molecular weight is 175 g/mol. The fourth-order valence-electron chi connectivity index (χ4n) is 0.465. The minimum absolute atomic E-state index is 0.0440. The molecule has 0 bridgehead atoms. The molecule has 0 unspecified atom stereocenters. The number of ether oxygens (including phenoxy) is 1. The van der Waals surface area contributed by atoms with Crippen molar-refractivity contribution in [3.63, 3.8) is 0 Å². The maximum absolute atomic E-state index is 10.9. The molecular formula is C8H17NO3. The molecule has 72 valence electrons. The summed E-state index contributed by atoms with van der Waals surface area (Å²) in [4.78, 5) is 15.7. The topological polar surface area (TPSA) is 47.6 Å². The van der Waals surface area contributed by atoms with Crippen LogP contribution in [0.3, 0.4) is 0 Å². The minimum Gasteiger partial charge on any atom is -0.442 e. The van der Waals surface area contributed by atoms with Crippen LogP contribution in [0.1, 0.15) is 34.6 Å². The molecule has 0 aromatic carbocycles. The first kappa shape index (κ1) is 11.2. The summed E-state index contributed by atoms with van der Waals surface area (Å²) in [5, 5.41) is 0. The van der Waals surface area contributed by atoms with Crippen LogP contribution in [0.15, 0.2) is 0 Å². The van der Waals surface area contributed by atoms with E-state index in [0.29, 0.717) is 0 Å². The molecule has 0 aromatic heterocycles. The van der Waals surface area contributed by atoms with E-state index < -0.39 is 11.7 Å². The molecular weight excluding hydrogens is 158 g/mol. The normalized spacial score (nSPS) is 11.5. The smallest absolute Gasteiger partial charge is 0.431 e. The predicted molar refractivity (Wildman–Crippen MR) is 45.6 cm³/mol. The molecule has 4 heteroatoms. The van der Waals surface area contributed by atoms with Crippen molar-refractivity contribution in [1.82, 2.24) is 5.48 Å². The SMILES string of the molecule is CC(C)ONC(=O)OC(C)(C)C. The van der Waals surface area contributed by atoms with Crippen LogP contribution in [-0.2, 0) is 9.57 Å². The van der Waals surface area contributed by atoms with Gasteiger partial charge in [0, 0.05) is 0 Å². The molecule has 0 aliphatic heterocycles. The van der Waals surface area contributed by atoms with Gasteiger partial charge in [0.05, 0.1) is 6.10 Å². The van der Waals surface area contributed by atoms with Gasteiger partial charge in [-0.15, -0.1) is 0 Å². The van der Waals surface area contributed by atoms with Crippen LogP contribution in [0.25, 0.3) is 0 Å². The molecule has 0 radical (unpaired) electrons. The lowest BCUT2D eigenvalue weighted by Crippen LogP contribution is -2.34. The molecule has 1 N–H and O–H groups in total. The second kappa shape index (κ2) is 4.30. The fourth-order valence-corrected chi connectivity index (χ4v) is 0.465. The maximum Gasteiger partial charge on any atom is 0.431 e. The molecule has 0 saturated heterocycles. The number of amides is 1. The molecule has 0 aromatic rings. The lowest BCUT2D eigenvalue weighted by molar-refractivity contribution is -0.0303. The minimum atomic E-state index is -0.559. The van der Waals surface area contributed by atoms with Gasteiger partial charge in [0.25, 0.3) is 0 Å². The Kier molecular flexibility index (Phi) is 4.03. The third kappa shape index (κ3) is 7.34. The molecule has 0 saturated carbocycles. The standard InChI is InChI=1S/C8H17NO3/c1-6(2)12-9-7(10)11-8(3,4)5/h6H,1-5H3,(H,9,10). The Bertz CT molecular complexity index is 149. The fraction of sp³-hybridized carbons (Fsp3) is 0.875. The van der Waals surface area contributed by atoms with Crippen molar-refractivity contribution in [2.45, 2.75) is 46.3 Å². The van der Waals surface area contributed by atoms with Crippen LogP contribution in [0.2, 0.25) is 0 Å². The van der Waals surface area contributed by atoms with E-state index in [1.54, 1.807) is 20.8 Å². The van der Waals surface area contributed by atoms with E-state index in [0.717, 1.165) is 0 Å². The molecule has 0 fully saturated rings. The molecule has 0 aliphatic carbocycles. The first-order chi connectivity index (χ1) is 5.31. The second-order valence-corrected chi connectivity index (χ2v) is 3.77. The molecule has 0 atom stereocenters. The van der Waals surface area contributed by atoms with E-state index in [4.69, 9.17) is 9.57 Å². The first-order valence-corrected chi connectivity index (χ1v) is 3.96. The molecule has 0 rings (SSSR count). The van der Waals surface area contributed by atoms with Gasteiger partial charge < -0.3 is 4.74 Å². The van der Waals surface area contributed by atoms with Crippen molar-refractivity contribution in [3.05, 3.63) is 0 Å². The Morgan fingerprint density at radius 2 is 1.83 bits per heavy atom. The van der Waals surface area contributed by atoms with Crippen LogP contribution in [-0.4, -0.2) is 17.8 Å². The van der Waals surface area contributed by atoms with E-state index in [2.05, 4.69) is 5.48 Å². The van der Waals surface area contributed by atoms with Gasteiger partial charge in [-0.25, -0.2) is 4.79 Å². The number of hydrogen-bond donors (Lipinski definition) is 1. The molecule has 1 amide bonds. The largest absolute Gasteiger partial charge is 0.442 e. The van der Waals surface area contributed by atoms with Gasteiger partial charge >= 0.3 is 6.09 Å². The quantitative estimate of drug-likeness (QED) is 0.651. The van der Waals surface area contributed by atoms with E-state index in [1.165, 1.54) is 0 Å². The Labute approximate surface area is 73.2 Å². The maximum atomic E-state index is 10.9. The highest BCUT2D eigenvalue weighted by molar-refractivity contribution is 5.66. The van der Waals surface area contributed by atoms with E-state index in [9.17, 15) is 4.79 Å². The van der Waals surface area contributed by atoms with Gasteiger partial charge in [-0.1, -0.05) is 0 Å². The van der Waals surface area contributed by atoms with Gasteiger partial charge in [0.1, 0.15) is 5.60 Å². The zero-order valence-corrected chi connectivity index (χ0v) is 8.30. The van der Waals surface area contributed by atoms with Crippen molar-refractivity contribution < 1.29 is 14.4 Å². The van der Waals surface area contributed by atoms with Gasteiger partial charge in [-0.2, -0.15) is 5.48 Å². The number of hydrogen-bond acceptors (Lipinski definition) is 3. The van der Waals surface area contributed by atoms with Crippen LogP contribution >= 0.6 is 0 Å². The van der Waals surface area contributed by atoms with E-state index in [-0.39, 0.29) is 6.10 Å². The monoisotopic (exact) mass is 175 g/mol. The summed E-state index contributed by atoms with van der Waals surface area (Å²) < 4.78 is 4.91. The van der Waals surface area contributed by atoms with Crippen LogP contribution < -0.4 is 5.48 Å². The van der Waals surface area contributed by atoms with Crippen LogP contribution in [0, 0.1) is 0 Å². The van der Waals surface area contributed by atoms with Crippen molar-refractivity contribution in [3.8, 4) is 0 Å². The van der Waals surface area contributed by atoms with Crippen molar-refractivity contribution in [2.24, 2.45) is 0 Å². The zero-order chi connectivity index (χ0) is 9.78.